The lowest BCUT2D eigenvalue weighted by atomic mass is 10.1. The summed E-state index contributed by atoms with van der Waals surface area (Å²) in [6.45, 7) is 2.26. The zero-order valence-electron chi connectivity index (χ0n) is 11.3. The van der Waals surface area contributed by atoms with Crippen LogP contribution in [0.25, 0.3) is 0 Å². The highest BCUT2D eigenvalue weighted by Gasteiger charge is 2.45. The Labute approximate surface area is 118 Å². The van der Waals surface area contributed by atoms with Crippen molar-refractivity contribution in [1.29, 1.82) is 0 Å². The number of anilines is 1. The van der Waals surface area contributed by atoms with E-state index >= 15 is 0 Å². The molecule has 0 aliphatic carbocycles. The van der Waals surface area contributed by atoms with Crippen molar-refractivity contribution in [2.45, 2.75) is 32.0 Å². The van der Waals surface area contributed by atoms with E-state index in [9.17, 15) is 24.6 Å². The quantitative estimate of drug-likeness (QED) is 0.414. The Morgan fingerprint density at radius 1 is 1.33 bits per heavy atom. The molecule has 1 amide bonds. The molecule has 2 rings (SSSR count). The van der Waals surface area contributed by atoms with E-state index < -0.39 is 35.6 Å². The summed E-state index contributed by atoms with van der Waals surface area (Å²) in [4.78, 5) is 38.4. The van der Waals surface area contributed by atoms with Gasteiger partial charge in [0, 0.05) is 0 Å². The van der Waals surface area contributed by atoms with Crippen molar-refractivity contribution < 1.29 is 24.6 Å². The minimum atomic E-state index is -1.92. The van der Waals surface area contributed by atoms with Gasteiger partial charge in [-0.05, 0) is 13.8 Å². The molecule has 1 aromatic heterocycles. The highest BCUT2D eigenvalue weighted by atomic mass is 16.3. The molecule has 21 heavy (non-hydrogen) atoms. The van der Waals surface area contributed by atoms with E-state index in [1.807, 2.05) is 0 Å². The molecule has 1 aliphatic heterocycles. The van der Waals surface area contributed by atoms with Crippen LogP contribution >= 0.6 is 0 Å². The van der Waals surface area contributed by atoms with Crippen LogP contribution in [0.3, 0.4) is 0 Å². The fraction of sp³-hybridized carbons (Fsp3) is 0.455. The van der Waals surface area contributed by atoms with E-state index in [1.54, 1.807) is 0 Å². The minimum absolute atomic E-state index is 0.0538. The molecular formula is C11H15N5O5. The molecule has 0 fully saturated rings. The first kappa shape index (κ1) is 15.1. The van der Waals surface area contributed by atoms with Crippen LogP contribution in [0.5, 0.6) is 0 Å². The molecule has 0 saturated carbocycles. The molecule has 0 radical (unpaired) electrons. The van der Waals surface area contributed by atoms with Gasteiger partial charge in [-0.3, -0.25) is 24.7 Å². The van der Waals surface area contributed by atoms with Crippen molar-refractivity contribution in [3.63, 3.8) is 0 Å². The van der Waals surface area contributed by atoms with E-state index in [2.05, 4.69) is 15.6 Å². The van der Waals surface area contributed by atoms with Crippen molar-refractivity contribution >= 4 is 23.3 Å². The number of amides is 1. The van der Waals surface area contributed by atoms with Gasteiger partial charge in [0.25, 0.3) is 5.91 Å². The molecular weight excluding hydrogens is 282 g/mol. The number of ketones is 2. The van der Waals surface area contributed by atoms with Crippen LogP contribution in [-0.2, 0) is 9.59 Å². The molecule has 10 heteroatoms. The Hall–Kier alpha value is -2.30. The van der Waals surface area contributed by atoms with Gasteiger partial charge < -0.3 is 20.8 Å². The van der Waals surface area contributed by atoms with Crippen LogP contribution in [0.1, 0.15) is 30.6 Å². The van der Waals surface area contributed by atoms with Crippen LogP contribution in [-0.4, -0.2) is 49.1 Å². The van der Waals surface area contributed by atoms with Gasteiger partial charge in [-0.1, -0.05) is 0 Å². The molecule has 6 N–H and O–H groups in total. The van der Waals surface area contributed by atoms with Crippen LogP contribution in [0, 0.1) is 0 Å². The Balaban J connectivity index is 2.42. The normalized spacial score (nSPS) is 23.6. The third-order valence-electron chi connectivity index (χ3n) is 3.10. The lowest BCUT2D eigenvalue weighted by Gasteiger charge is -2.37. The molecule has 0 spiro atoms. The maximum Gasteiger partial charge on any atom is 0.274 e. The molecule has 0 saturated heterocycles. The predicted molar refractivity (Wildman–Crippen MR) is 68.9 cm³/mol. The summed E-state index contributed by atoms with van der Waals surface area (Å²) in [5.41, 5.74) is 5.63. The topological polar surface area (TPSA) is 160 Å². The highest BCUT2D eigenvalue weighted by Crippen LogP contribution is 2.25. The number of nitrogens with zero attached hydrogens (tertiary/aromatic N) is 2. The largest absolute Gasteiger partial charge is 0.380 e. The van der Waals surface area contributed by atoms with Crippen LogP contribution in [0.4, 0.5) is 5.82 Å². The number of nitrogens with two attached hydrogens (primary N) is 1. The predicted octanol–water partition coefficient (Wildman–Crippen LogP) is -2.32. The number of carbonyl (C=O) groups excluding carboxylic acids is 3. The van der Waals surface area contributed by atoms with Crippen molar-refractivity contribution in [2.75, 3.05) is 5.32 Å². The number of hydrogen-bond donors (Lipinski definition) is 5. The second-order valence-electron chi connectivity index (χ2n) is 4.79. The van der Waals surface area contributed by atoms with Gasteiger partial charge in [-0.15, -0.1) is 0 Å². The second-order valence-corrected chi connectivity index (χ2v) is 4.79. The average Bonchev–Trinajstić information content (AvgIpc) is 2.80. The van der Waals surface area contributed by atoms with Gasteiger partial charge in [0.1, 0.15) is 6.33 Å². The summed E-state index contributed by atoms with van der Waals surface area (Å²) in [6, 6.07) is 0. The van der Waals surface area contributed by atoms with Crippen molar-refractivity contribution in [1.82, 2.24) is 14.9 Å². The molecule has 3 unspecified atom stereocenters. The number of aliphatic hydroxyl groups excluding tert-OH is 2. The minimum Gasteiger partial charge on any atom is -0.380 e. The second kappa shape index (κ2) is 4.91. The zero-order valence-corrected chi connectivity index (χ0v) is 11.3. The Kier molecular flexibility index (Phi) is 3.53. The SMILES string of the molecule is CC(=O)C(O)n1cnc2c1C(=O)NC(N)(C(O)C(C)=O)N2. The molecule has 0 aromatic carbocycles. The van der Waals surface area contributed by atoms with Crippen LogP contribution < -0.4 is 16.4 Å². The van der Waals surface area contributed by atoms with Crippen LogP contribution in [0.15, 0.2) is 6.33 Å². The van der Waals surface area contributed by atoms with E-state index in [1.165, 1.54) is 0 Å². The van der Waals surface area contributed by atoms with Crippen molar-refractivity contribution in [2.24, 2.45) is 5.73 Å². The number of nitrogens with one attached hydrogen (secondary N) is 2. The van der Waals surface area contributed by atoms with Crippen LogP contribution in [0.2, 0.25) is 0 Å². The third kappa shape index (κ3) is 2.39. The number of fused-ring (bicyclic) bond motifs is 1. The summed E-state index contributed by atoms with van der Waals surface area (Å²) in [5.74, 6) is -4.00. The fourth-order valence-electron chi connectivity index (χ4n) is 1.99. The maximum atomic E-state index is 12.1. The van der Waals surface area contributed by atoms with Crippen molar-refractivity contribution in [3.8, 4) is 0 Å². The standard InChI is InChI=1S/C11H15N5O5/c1-4(17)7(19)11(12)14-8-6(9(20)15-11)16(3-13-8)10(21)5(2)18/h3,7,10,14,19,21H,12H2,1-2H3,(H,15,20). The first-order chi connectivity index (χ1) is 9.67. The van der Waals surface area contributed by atoms with Gasteiger partial charge in [0.15, 0.2) is 41.2 Å². The lowest BCUT2D eigenvalue weighted by molar-refractivity contribution is -0.129. The number of hydrogen-bond acceptors (Lipinski definition) is 8. The number of aliphatic hydroxyl groups is 2. The number of carbonyl (C=O) groups is 3. The highest BCUT2D eigenvalue weighted by molar-refractivity contribution is 6.01. The summed E-state index contributed by atoms with van der Waals surface area (Å²) in [6.07, 6.45) is -2.19. The van der Waals surface area contributed by atoms with Gasteiger partial charge >= 0.3 is 0 Å². The first-order valence-electron chi connectivity index (χ1n) is 6.01. The molecule has 1 aliphatic rings. The zero-order chi connectivity index (χ0) is 15.9. The Morgan fingerprint density at radius 2 is 1.95 bits per heavy atom. The third-order valence-corrected chi connectivity index (χ3v) is 3.10. The van der Waals surface area contributed by atoms with E-state index in [0.717, 1.165) is 24.7 Å². The van der Waals surface area contributed by atoms with E-state index in [0.29, 0.717) is 0 Å². The molecule has 114 valence electrons. The molecule has 10 nitrogen and oxygen atoms in total. The summed E-state index contributed by atoms with van der Waals surface area (Å²) in [7, 11) is 0. The number of Topliss-reactive ketones (excluding diaryl/α,β-unsaturated/α-hetero) is 2. The number of imidazole rings is 1. The number of aromatic nitrogens is 2. The van der Waals surface area contributed by atoms with Gasteiger partial charge in [-0.25, -0.2) is 4.98 Å². The van der Waals surface area contributed by atoms with Gasteiger partial charge in [0.2, 0.25) is 0 Å². The molecule has 0 bridgehead atoms. The van der Waals surface area contributed by atoms with E-state index in [-0.39, 0.29) is 11.5 Å². The Morgan fingerprint density at radius 3 is 2.48 bits per heavy atom. The first-order valence-corrected chi connectivity index (χ1v) is 6.01. The summed E-state index contributed by atoms with van der Waals surface area (Å²) >= 11 is 0. The molecule has 1 aromatic rings. The lowest BCUT2D eigenvalue weighted by Crippen LogP contribution is -2.72. The monoisotopic (exact) mass is 297 g/mol. The average molecular weight is 297 g/mol. The maximum absolute atomic E-state index is 12.1. The molecule has 3 atom stereocenters. The molecule has 2 heterocycles. The smallest absolute Gasteiger partial charge is 0.274 e. The summed E-state index contributed by atoms with van der Waals surface area (Å²) < 4.78 is 0.958. The van der Waals surface area contributed by atoms with Crippen molar-refractivity contribution in [3.05, 3.63) is 12.0 Å². The Bertz CT molecular complexity index is 627. The van der Waals surface area contributed by atoms with Gasteiger partial charge in [-0.2, -0.15) is 0 Å². The van der Waals surface area contributed by atoms with E-state index in [4.69, 9.17) is 5.73 Å². The van der Waals surface area contributed by atoms with Gasteiger partial charge in [0.05, 0.1) is 0 Å². The fourth-order valence-corrected chi connectivity index (χ4v) is 1.99. The number of rotatable bonds is 4. The summed E-state index contributed by atoms with van der Waals surface area (Å²) in [5, 5.41) is 24.2.